The zero-order valence-corrected chi connectivity index (χ0v) is 21.1. The van der Waals surface area contributed by atoms with Gasteiger partial charge >= 0.3 is 6.09 Å². The largest absolute Gasteiger partial charge is 0.494 e. The Kier molecular flexibility index (Phi) is 6.70. The molecule has 2 atom stereocenters. The Morgan fingerprint density at radius 1 is 1.19 bits per heavy atom. The van der Waals surface area contributed by atoms with Gasteiger partial charge in [0.25, 0.3) is 5.91 Å². The van der Waals surface area contributed by atoms with Crippen molar-refractivity contribution in [3.8, 4) is 5.75 Å². The molecule has 1 N–H and O–H groups in total. The molecule has 0 spiro atoms. The number of likely N-dealkylation sites (N-methyl/N-ethyl adjacent to an activating group) is 1. The van der Waals surface area contributed by atoms with Crippen LogP contribution in [0.15, 0.2) is 30.7 Å². The first kappa shape index (κ1) is 25.1. The van der Waals surface area contributed by atoms with E-state index in [1.807, 2.05) is 13.2 Å². The molecule has 0 unspecified atom stereocenters. The van der Waals surface area contributed by atoms with E-state index in [9.17, 15) is 14.0 Å². The van der Waals surface area contributed by atoms with Crippen LogP contribution in [0.4, 0.5) is 20.7 Å². The van der Waals surface area contributed by atoms with Crippen molar-refractivity contribution < 1.29 is 23.5 Å². The van der Waals surface area contributed by atoms with Gasteiger partial charge in [-0.15, -0.1) is 0 Å². The number of halogens is 1. The van der Waals surface area contributed by atoms with E-state index in [-0.39, 0.29) is 18.8 Å². The van der Waals surface area contributed by atoms with Crippen molar-refractivity contribution in [1.29, 1.82) is 0 Å². The molecule has 1 aliphatic rings. The molecule has 0 radical (unpaired) electrons. The molecule has 1 fully saturated rings. The van der Waals surface area contributed by atoms with Crippen LogP contribution < -0.4 is 15.0 Å². The third-order valence-electron chi connectivity index (χ3n) is 5.78. The number of aromatic nitrogens is 4. The van der Waals surface area contributed by atoms with Gasteiger partial charge in [0.15, 0.2) is 0 Å². The second kappa shape index (κ2) is 9.59. The van der Waals surface area contributed by atoms with E-state index < -0.39 is 29.8 Å². The first-order chi connectivity index (χ1) is 16.9. The molecule has 2 aromatic heterocycles. The highest BCUT2D eigenvalue weighted by molar-refractivity contribution is 6.04. The molecular weight excluding hydrogens is 469 g/mol. The van der Waals surface area contributed by atoms with Gasteiger partial charge in [0, 0.05) is 38.3 Å². The Bertz CT molecular complexity index is 1270. The molecule has 1 saturated heterocycles. The highest BCUT2D eigenvalue weighted by Crippen LogP contribution is 2.30. The summed E-state index contributed by atoms with van der Waals surface area (Å²) in [6.45, 7) is 5.54. The number of amides is 2. The number of carbonyl (C=O) groups is 2. The predicted octanol–water partition coefficient (Wildman–Crippen LogP) is 3.02. The van der Waals surface area contributed by atoms with Crippen LogP contribution in [0.25, 0.3) is 10.9 Å². The van der Waals surface area contributed by atoms with Crippen LogP contribution in [0, 0.1) is 0 Å². The van der Waals surface area contributed by atoms with E-state index in [0.717, 1.165) is 10.9 Å². The van der Waals surface area contributed by atoms with Gasteiger partial charge in [-0.25, -0.2) is 19.2 Å². The minimum Gasteiger partial charge on any atom is -0.494 e. The molecule has 192 valence electrons. The summed E-state index contributed by atoms with van der Waals surface area (Å²) < 4.78 is 27.2. The van der Waals surface area contributed by atoms with E-state index in [0.29, 0.717) is 17.3 Å². The van der Waals surface area contributed by atoms with E-state index in [4.69, 9.17) is 9.47 Å². The number of nitrogens with zero attached hydrogens (tertiary/aromatic N) is 6. The van der Waals surface area contributed by atoms with Gasteiger partial charge in [0.2, 0.25) is 0 Å². The Labute approximate surface area is 208 Å². The Hall–Kier alpha value is -3.96. The van der Waals surface area contributed by atoms with Crippen LogP contribution in [-0.4, -0.2) is 81.7 Å². The molecular formula is C24H30FN7O4. The maximum atomic E-state index is 14.8. The average molecular weight is 500 g/mol. The molecule has 1 aliphatic heterocycles. The number of alkyl halides is 1. The fourth-order valence-electron chi connectivity index (χ4n) is 4.00. The molecule has 0 bridgehead atoms. The van der Waals surface area contributed by atoms with E-state index in [1.54, 1.807) is 42.5 Å². The molecule has 2 amide bonds. The van der Waals surface area contributed by atoms with Crippen molar-refractivity contribution >= 4 is 34.4 Å². The summed E-state index contributed by atoms with van der Waals surface area (Å²) in [6, 6.07) is 2.82. The first-order valence-corrected chi connectivity index (χ1v) is 11.4. The van der Waals surface area contributed by atoms with Gasteiger partial charge in [-0.3, -0.25) is 9.48 Å². The van der Waals surface area contributed by atoms with Crippen molar-refractivity contribution in [3.05, 3.63) is 36.4 Å². The summed E-state index contributed by atoms with van der Waals surface area (Å²) in [5.74, 6) is 0.400. The summed E-state index contributed by atoms with van der Waals surface area (Å²) in [5, 5.41) is 7.97. The van der Waals surface area contributed by atoms with Gasteiger partial charge in [0.1, 0.15) is 29.0 Å². The van der Waals surface area contributed by atoms with Crippen LogP contribution >= 0.6 is 0 Å². The zero-order valence-electron chi connectivity index (χ0n) is 21.1. The summed E-state index contributed by atoms with van der Waals surface area (Å²) in [7, 11) is 4.84. The second-order valence-corrected chi connectivity index (χ2v) is 9.71. The molecule has 12 heteroatoms. The number of benzene rings is 1. The van der Waals surface area contributed by atoms with Gasteiger partial charge in [-0.05, 0) is 26.8 Å². The highest BCUT2D eigenvalue weighted by atomic mass is 19.1. The normalized spacial score (nSPS) is 17.8. The van der Waals surface area contributed by atoms with E-state index in [1.165, 1.54) is 31.5 Å². The lowest BCUT2D eigenvalue weighted by Crippen LogP contribution is -2.45. The maximum Gasteiger partial charge on any atom is 0.410 e. The second-order valence-electron chi connectivity index (χ2n) is 9.71. The number of rotatable bonds is 5. The number of ether oxygens (including phenoxy) is 2. The third kappa shape index (κ3) is 5.31. The van der Waals surface area contributed by atoms with Crippen molar-refractivity contribution in [3.63, 3.8) is 0 Å². The lowest BCUT2D eigenvalue weighted by molar-refractivity contribution is 0.0183. The van der Waals surface area contributed by atoms with Crippen molar-refractivity contribution in [2.75, 3.05) is 37.5 Å². The van der Waals surface area contributed by atoms with Crippen LogP contribution in [0.1, 0.15) is 31.3 Å². The fraction of sp³-hybridized carbons (Fsp3) is 0.458. The summed E-state index contributed by atoms with van der Waals surface area (Å²) in [6.07, 6.45) is 2.70. The fourth-order valence-corrected chi connectivity index (χ4v) is 4.00. The third-order valence-corrected chi connectivity index (χ3v) is 5.78. The van der Waals surface area contributed by atoms with Crippen molar-refractivity contribution in [2.45, 2.75) is 38.6 Å². The highest BCUT2D eigenvalue weighted by Gasteiger charge is 2.39. The standard InChI is InChI=1S/C24H30FN7O4/c1-24(2,3)36-23(34)31(5)19-13-32(12-15(19)25)21-10-26-18(9-27-21)22(33)28-17-7-14-11-30(4)29-16(14)8-20(17)35-6/h7-11,15,19H,12-13H2,1-6H3,(H,28,33)/t15-,19+/m0/s1. The van der Waals surface area contributed by atoms with E-state index >= 15 is 0 Å². The summed E-state index contributed by atoms with van der Waals surface area (Å²) >= 11 is 0. The maximum absolute atomic E-state index is 14.8. The quantitative estimate of drug-likeness (QED) is 0.570. The monoisotopic (exact) mass is 499 g/mol. The van der Waals surface area contributed by atoms with Gasteiger partial charge in [0.05, 0.1) is 43.3 Å². The molecule has 0 aliphatic carbocycles. The molecule has 1 aromatic carbocycles. The SMILES string of the molecule is COc1cc2nn(C)cc2cc1NC(=O)c1cnc(N2C[C@@H](N(C)C(=O)OC(C)(C)C)[C@@H](F)C2)cn1. The van der Waals surface area contributed by atoms with Gasteiger partial charge in [-0.1, -0.05) is 0 Å². The minimum atomic E-state index is -1.29. The number of nitrogens with one attached hydrogen (secondary N) is 1. The molecule has 3 heterocycles. The average Bonchev–Trinajstić information content (AvgIpc) is 3.37. The molecule has 0 saturated carbocycles. The topological polar surface area (TPSA) is 115 Å². The lowest BCUT2D eigenvalue weighted by atomic mass is 10.2. The minimum absolute atomic E-state index is 0.0420. The summed E-state index contributed by atoms with van der Waals surface area (Å²) in [4.78, 5) is 36.7. The number of methoxy groups -OCH3 is 1. The molecule has 36 heavy (non-hydrogen) atoms. The van der Waals surface area contributed by atoms with E-state index in [2.05, 4.69) is 20.4 Å². The smallest absolute Gasteiger partial charge is 0.410 e. The number of carbonyl (C=O) groups excluding carboxylic acids is 2. The zero-order chi connectivity index (χ0) is 26.2. The van der Waals surface area contributed by atoms with Crippen LogP contribution in [-0.2, 0) is 11.8 Å². The number of hydrogen-bond donors (Lipinski definition) is 1. The number of hydrogen-bond acceptors (Lipinski definition) is 8. The Morgan fingerprint density at radius 2 is 1.94 bits per heavy atom. The molecule has 11 nitrogen and oxygen atoms in total. The number of fused-ring (bicyclic) bond motifs is 1. The first-order valence-electron chi connectivity index (χ1n) is 11.4. The van der Waals surface area contributed by atoms with Gasteiger partial charge < -0.3 is 24.6 Å². The van der Waals surface area contributed by atoms with Crippen molar-refractivity contribution in [1.82, 2.24) is 24.6 Å². The molecule has 3 aromatic rings. The lowest BCUT2D eigenvalue weighted by Gasteiger charge is -2.29. The van der Waals surface area contributed by atoms with Crippen molar-refractivity contribution in [2.24, 2.45) is 7.05 Å². The van der Waals surface area contributed by atoms with Gasteiger partial charge in [-0.2, -0.15) is 5.10 Å². The number of aryl methyl sites for hydroxylation is 1. The van der Waals surface area contributed by atoms with Crippen LogP contribution in [0.2, 0.25) is 0 Å². The Balaban J connectivity index is 1.43. The van der Waals surface area contributed by atoms with Crippen LogP contribution in [0.3, 0.4) is 0 Å². The molecule has 4 rings (SSSR count). The van der Waals surface area contributed by atoms with Crippen LogP contribution in [0.5, 0.6) is 5.75 Å². The Morgan fingerprint density at radius 3 is 2.58 bits per heavy atom. The summed E-state index contributed by atoms with van der Waals surface area (Å²) in [5.41, 5.74) is 0.626. The number of anilines is 2. The predicted molar refractivity (Wildman–Crippen MR) is 132 cm³/mol.